The molecule has 0 bridgehead atoms. The minimum Gasteiger partial charge on any atom is -0.480 e. The number of aliphatic carboxylic acids is 1. The van der Waals surface area contributed by atoms with Crippen molar-refractivity contribution in [1.82, 2.24) is 10.6 Å². The van der Waals surface area contributed by atoms with Crippen LogP contribution in [0, 0.1) is 0 Å². The van der Waals surface area contributed by atoms with Gasteiger partial charge in [0.15, 0.2) is 0 Å². The van der Waals surface area contributed by atoms with Crippen molar-refractivity contribution in [1.29, 1.82) is 0 Å². The minimum atomic E-state index is -1.49. The molecule has 0 aliphatic carbocycles. The first kappa shape index (κ1) is 21.9. The van der Waals surface area contributed by atoms with E-state index < -0.39 is 48.5 Å². The van der Waals surface area contributed by atoms with Crippen LogP contribution < -0.4 is 10.6 Å². The molecule has 27 heavy (non-hydrogen) atoms. The molecule has 2 amide bonds. The lowest BCUT2D eigenvalue weighted by molar-refractivity contribution is -0.145. The monoisotopic (exact) mass is 380 g/mol. The molecular weight excluding hydrogens is 356 g/mol. The summed E-state index contributed by atoms with van der Waals surface area (Å²) in [6.07, 6.45) is -1.51. The van der Waals surface area contributed by atoms with Gasteiger partial charge >= 0.3 is 18.0 Å². The van der Waals surface area contributed by atoms with Crippen molar-refractivity contribution in [2.45, 2.75) is 45.4 Å². The van der Waals surface area contributed by atoms with E-state index in [1.165, 1.54) is 0 Å². The second-order valence-electron chi connectivity index (χ2n) is 6.66. The van der Waals surface area contributed by atoms with Crippen LogP contribution in [0.4, 0.5) is 4.79 Å². The fourth-order valence-electron chi connectivity index (χ4n) is 1.87. The predicted molar refractivity (Wildman–Crippen MR) is 94.7 cm³/mol. The van der Waals surface area contributed by atoms with Crippen LogP contribution in [0.1, 0.15) is 32.8 Å². The smallest absolute Gasteiger partial charge is 0.408 e. The van der Waals surface area contributed by atoms with Gasteiger partial charge in [0.05, 0.1) is 6.42 Å². The number of hydrogen-bond acceptors (Lipinski definition) is 6. The van der Waals surface area contributed by atoms with Crippen LogP contribution in [0.5, 0.6) is 0 Å². The SMILES string of the molecule is CC(C)(C)OC(=O)NC(CC(=O)NCC(=O)OCc1ccccc1)C(=O)O. The maximum Gasteiger partial charge on any atom is 0.408 e. The first-order chi connectivity index (χ1) is 12.6. The number of hydrogen-bond donors (Lipinski definition) is 3. The number of carboxylic acid groups (broad SMARTS) is 1. The Hall–Kier alpha value is -3.10. The van der Waals surface area contributed by atoms with Crippen LogP contribution in [0.15, 0.2) is 30.3 Å². The van der Waals surface area contributed by atoms with Crippen LogP contribution in [-0.4, -0.2) is 47.2 Å². The number of carboxylic acids is 1. The number of benzene rings is 1. The Kier molecular flexibility index (Phi) is 8.25. The van der Waals surface area contributed by atoms with Crippen molar-refractivity contribution in [3.05, 3.63) is 35.9 Å². The number of carbonyl (C=O) groups excluding carboxylic acids is 3. The number of rotatable bonds is 8. The van der Waals surface area contributed by atoms with E-state index in [9.17, 15) is 19.2 Å². The lowest BCUT2D eigenvalue weighted by Crippen LogP contribution is -2.46. The molecule has 0 heterocycles. The number of nitrogens with one attached hydrogen (secondary N) is 2. The highest BCUT2D eigenvalue weighted by atomic mass is 16.6. The Bertz CT molecular complexity index is 668. The van der Waals surface area contributed by atoms with Crippen molar-refractivity contribution in [3.8, 4) is 0 Å². The predicted octanol–water partition coefficient (Wildman–Crippen LogP) is 1.21. The van der Waals surface area contributed by atoms with Crippen molar-refractivity contribution in [2.24, 2.45) is 0 Å². The molecule has 1 rings (SSSR count). The van der Waals surface area contributed by atoms with Gasteiger partial charge in [0.25, 0.3) is 0 Å². The molecule has 0 saturated heterocycles. The first-order valence-electron chi connectivity index (χ1n) is 8.25. The summed E-state index contributed by atoms with van der Waals surface area (Å²) in [5, 5.41) is 13.5. The van der Waals surface area contributed by atoms with E-state index in [4.69, 9.17) is 14.6 Å². The summed E-state index contributed by atoms with van der Waals surface area (Å²) in [5.41, 5.74) is -0.0116. The largest absolute Gasteiger partial charge is 0.480 e. The molecule has 0 aliphatic heterocycles. The highest BCUT2D eigenvalue weighted by Gasteiger charge is 2.26. The van der Waals surface area contributed by atoms with Crippen molar-refractivity contribution >= 4 is 23.9 Å². The summed E-state index contributed by atoms with van der Waals surface area (Å²) in [6.45, 7) is 4.51. The van der Waals surface area contributed by atoms with Crippen LogP contribution in [0.25, 0.3) is 0 Å². The molecule has 0 radical (unpaired) electrons. The van der Waals surface area contributed by atoms with Gasteiger partial charge in [-0.15, -0.1) is 0 Å². The third-order valence-electron chi connectivity index (χ3n) is 3.05. The molecule has 0 fully saturated rings. The van der Waals surface area contributed by atoms with E-state index in [0.717, 1.165) is 5.56 Å². The van der Waals surface area contributed by atoms with E-state index in [-0.39, 0.29) is 6.61 Å². The summed E-state index contributed by atoms with van der Waals surface area (Å²) in [7, 11) is 0. The fraction of sp³-hybridized carbons (Fsp3) is 0.444. The van der Waals surface area contributed by atoms with Crippen molar-refractivity contribution < 1.29 is 33.8 Å². The Morgan fingerprint density at radius 3 is 2.30 bits per heavy atom. The third-order valence-corrected chi connectivity index (χ3v) is 3.05. The van der Waals surface area contributed by atoms with E-state index in [0.29, 0.717) is 0 Å². The quantitative estimate of drug-likeness (QED) is 0.578. The summed E-state index contributed by atoms with van der Waals surface area (Å²) >= 11 is 0. The van der Waals surface area contributed by atoms with E-state index in [1.54, 1.807) is 45.0 Å². The molecular formula is C18H24N2O7. The van der Waals surface area contributed by atoms with Gasteiger partial charge in [-0.3, -0.25) is 9.59 Å². The summed E-state index contributed by atoms with van der Waals surface area (Å²) < 4.78 is 9.94. The molecule has 0 spiro atoms. The highest BCUT2D eigenvalue weighted by Crippen LogP contribution is 2.07. The maximum atomic E-state index is 11.8. The second-order valence-corrected chi connectivity index (χ2v) is 6.66. The highest BCUT2D eigenvalue weighted by molar-refractivity contribution is 5.88. The average molecular weight is 380 g/mol. The molecule has 1 aromatic carbocycles. The molecule has 1 aromatic rings. The number of amides is 2. The van der Waals surface area contributed by atoms with E-state index >= 15 is 0 Å². The molecule has 0 saturated carbocycles. The molecule has 9 heteroatoms. The zero-order valence-corrected chi connectivity index (χ0v) is 15.5. The number of alkyl carbamates (subject to hydrolysis) is 1. The average Bonchev–Trinajstić information content (AvgIpc) is 2.56. The molecule has 9 nitrogen and oxygen atoms in total. The van der Waals surface area contributed by atoms with Gasteiger partial charge in [-0.2, -0.15) is 0 Å². The maximum absolute atomic E-state index is 11.8. The summed E-state index contributed by atoms with van der Waals surface area (Å²) in [5.74, 6) is -2.79. The molecule has 1 atom stereocenters. The van der Waals surface area contributed by atoms with Crippen LogP contribution in [0.2, 0.25) is 0 Å². The normalized spacial score (nSPS) is 11.8. The third kappa shape index (κ3) is 9.83. The number of esters is 1. The second kappa shape index (κ2) is 10.1. The van der Waals surface area contributed by atoms with Gasteiger partial charge in [0.2, 0.25) is 5.91 Å². The topological polar surface area (TPSA) is 131 Å². The standard InChI is InChI=1S/C18H24N2O7/c1-18(2,3)27-17(25)20-13(16(23)24)9-14(21)19-10-15(22)26-11-12-7-5-4-6-8-12/h4-8,13H,9-11H2,1-3H3,(H,19,21)(H,20,25)(H,23,24). The molecule has 1 unspecified atom stereocenters. The van der Waals surface area contributed by atoms with Gasteiger partial charge in [-0.05, 0) is 26.3 Å². The van der Waals surface area contributed by atoms with Crippen LogP contribution in [-0.2, 0) is 30.5 Å². The van der Waals surface area contributed by atoms with Gasteiger partial charge in [0, 0.05) is 0 Å². The van der Waals surface area contributed by atoms with Gasteiger partial charge in [-0.25, -0.2) is 9.59 Å². The summed E-state index contributed by atoms with van der Waals surface area (Å²) in [6, 6.07) is 7.51. The fourth-order valence-corrected chi connectivity index (χ4v) is 1.87. The molecule has 0 aliphatic rings. The van der Waals surface area contributed by atoms with Crippen LogP contribution >= 0.6 is 0 Å². The lowest BCUT2D eigenvalue weighted by atomic mass is 10.2. The minimum absolute atomic E-state index is 0.0630. The molecule has 3 N–H and O–H groups in total. The lowest BCUT2D eigenvalue weighted by Gasteiger charge is -2.21. The Labute approximate surface area is 157 Å². The molecule has 0 aromatic heterocycles. The zero-order chi connectivity index (χ0) is 20.4. The summed E-state index contributed by atoms with van der Waals surface area (Å²) in [4.78, 5) is 46.3. The van der Waals surface area contributed by atoms with Gasteiger partial charge < -0.3 is 25.2 Å². The van der Waals surface area contributed by atoms with Crippen molar-refractivity contribution in [3.63, 3.8) is 0 Å². The Morgan fingerprint density at radius 2 is 1.74 bits per heavy atom. The first-order valence-corrected chi connectivity index (χ1v) is 8.25. The van der Waals surface area contributed by atoms with E-state index in [1.807, 2.05) is 6.07 Å². The van der Waals surface area contributed by atoms with Gasteiger partial charge in [0.1, 0.15) is 24.8 Å². The number of carbonyl (C=O) groups is 4. The molecule has 148 valence electrons. The van der Waals surface area contributed by atoms with Gasteiger partial charge in [-0.1, -0.05) is 30.3 Å². The van der Waals surface area contributed by atoms with Crippen molar-refractivity contribution in [2.75, 3.05) is 6.54 Å². The zero-order valence-electron chi connectivity index (χ0n) is 15.5. The van der Waals surface area contributed by atoms with E-state index in [2.05, 4.69) is 10.6 Å². The van der Waals surface area contributed by atoms with Crippen LogP contribution in [0.3, 0.4) is 0 Å². The number of ether oxygens (including phenoxy) is 2. The Balaban J connectivity index is 2.40. The Morgan fingerprint density at radius 1 is 1.11 bits per heavy atom.